The van der Waals surface area contributed by atoms with Crippen molar-refractivity contribution in [3.8, 4) is 12.3 Å². The molecule has 0 unspecified atom stereocenters. The monoisotopic (exact) mass is 953 g/mol. The van der Waals surface area contributed by atoms with E-state index >= 15 is 0 Å². The number of amides is 7. The first kappa shape index (κ1) is 54.9. The predicted octanol–water partition coefficient (Wildman–Crippen LogP) is 3.68. The van der Waals surface area contributed by atoms with Gasteiger partial charge in [0, 0.05) is 51.7 Å². The molecule has 1 saturated carbocycles. The smallest absolute Gasteiger partial charge is 0.245 e. The Hall–Kier alpha value is -4.72. The number of rotatable bonds is 19. The van der Waals surface area contributed by atoms with Crippen LogP contribution in [0.4, 0.5) is 0 Å². The standard InChI is InChI=1S/C50H77ClN8O8/c1-9-17-39-47(64)56(7)25-14-13-21-41(44(61)54-40(31-34(4)5)48(65)59(24-10-2)42(45(62)53-39)33-36-18-16-19-37(51)32-36)57(8)46(63)35(6)52-43(60)38(55-49(66)50(11-3)22-23-50)20-12-15-26-58-27-29-67-30-28-58/h3,16,18-19,32,34-35,38-42H,9-10,12-15,17,20-31,33H2,1-2,4-8H3,(H,52,60)(H,53,62)(H,54,61)(H,55,66)/t35-,38-,39+,40-,41-,42-/m0/s1. The highest BCUT2D eigenvalue weighted by molar-refractivity contribution is 6.30. The van der Waals surface area contributed by atoms with Crippen LogP contribution in [0.25, 0.3) is 0 Å². The highest BCUT2D eigenvalue weighted by Crippen LogP contribution is 2.45. The first-order chi connectivity index (χ1) is 31.9. The van der Waals surface area contributed by atoms with Gasteiger partial charge in [-0.15, -0.1) is 6.42 Å². The minimum atomic E-state index is -1.10. The SMILES string of the molecule is C#CC1(C(=O)N[C@@H](CCCCN2CCOCC2)C(=O)N[C@@H](C)C(=O)N(C)[C@H]2CCCCN(C)C(=O)[C@@H](CCC)NC(=O)[C@H](Cc3cccc(Cl)c3)N(CCC)C(=O)[C@H](CC(C)C)NC2=O)CC1. The fourth-order valence-corrected chi connectivity index (χ4v) is 9.11. The van der Waals surface area contributed by atoms with E-state index in [2.05, 4.69) is 32.1 Å². The summed E-state index contributed by atoms with van der Waals surface area (Å²) < 4.78 is 5.46. The van der Waals surface area contributed by atoms with Crippen molar-refractivity contribution in [2.45, 2.75) is 154 Å². The minimum absolute atomic E-state index is 0.0538. The zero-order valence-electron chi connectivity index (χ0n) is 41.0. The number of morpholine rings is 1. The molecule has 1 aromatic carbocycles. The topological polar surface area (TPSA) is 190 Å². The third-order valence-electron chi connectivity index (χ3n) is 13.1. The quantitative estimate of drug-likeness (QED) is 0.119. The van der Waals surface area contributed by atoms with Crippen molar-refractivity contribution >= 4 is 53.0 Å². The average molecular weight is 954 g/mol. The summed E-state index contributed by atoms with van der Waals surface area (Å²) in [6.07, 6.45) is 11.5. The van der Waals surface area contributed by atoms with Crippen LogP contribution in [0.2, 0.25) is 5.02 Å². The first-order valence-electron chi connectivity index (χ1n) is 24.5. The summed E-state index contributed by atoms with van der Waals surface area (Å²) in [6.45, 7) is 13.6. The first-order valence-corrected chi connectivity index (χ1v) is 24.9. The molecule has 0 bridgehead atoms. The number of benzene rings is 1. The van der Waals surface area contributed by atoms with Crippen LogP contribution in [0.15, 0.2) is 24.3 Å². The predicted molar refractivity (Wildman–Crippen MR) is 258 cm³/mol. The van der Waals surface area contributed by atoms with Gasteiger partial charge in [0.1, 0.15) is 41.7 Å². The fraction of sp³-hybridized carbons (Fsp3) is 0.700. The lowest BCUT2D eigenvalue weighted by molar-refractivity contribution is -0.147. The molecular formula is C50H77ClN8O8. The molecule has 0 aromatic heterocycles. The molecule has 67 heavy (non-hydrogen) atoms. The van der Waals surface area contributed by atoms with Crippen LogP contribution < -0.4 is 21.3 Å². The molecule has 0 spiro atoms. The van der Waals surface area contributed by atoms with Gasteiger partial charge in [0.2, 0.25) is 41.4 Å². The summed E-state index contributed by atoms with van der Waals surface area (Å²) in [5, 5.41) is 12.2. The van der Waals surface area contributed by atoms with E-state index in [1.54, 1.807) is 30.1 Å². The van der Waals surface area contributed by atoms with E-state index in [-0.39, 0.29) is 43.5 Å². The maximum absolute atomic E-state index is 14.9. The van der Waals surface area contributed by atoms with Crippen LogP contribution >= 0.6 is 11.6 Å². The van der Waals surface area contributed by atoms with Crippen LogP contribution in [0.1, 0.15) is 117 Å². The Bertz CT molecular complexity index is 1900. The van der Waals surface area contributed by atoms with Crippen LogP contribution in [-0.2, 0) is 44.7 Å². The van der Waals surface area contributed by atoms with Gasteiger partial charge in [0.05, 0.1) is 13.2 Å². The number of nitrogens with one attached hydrogen (secondary N) is 4. The molecule has 2 aliphatic heterocycles. The van der Waals surface area contributed by atoms with E-state index in [9.17, 15) is 33.6 Å². The number of hydrogen-bond acceptors (Lipinski definition) is 9. The Morgan fingerprint density at radius 2 is 1.64 bits per heavy atom. The Morgan fingerprint density at radius 1 is 0.940 bits per heavy atom. The van der Waals surface area contributed by atoms with Gasteiger partial charge < -0.3 is 40.7 Å². The van der Waals surface area contributed by atoms with E-state index in [4.69, 9.17) is 22.8 Å². The van der Waals surface area contributed by atoms with Gasteiger partial charge in [-0.25, -0.2) is 0 Å². The molecule has 6 atom stereocenters. The van der Waals surface area contributed by atoms with Crippen molar-refractivity contribution in [1.82, 2.24) is 40.9 Å². The molecule has 4 rings (SSSR count). The number of carbonyl (C=O) groups is 7. The minimum Gasteiger partial charge on any atom is -0.379 e. The number of carbonyl (C=O) groups excluding carboxylic acids is 7. The lowest BCUT2D eigenvalue weighted by atomic mass is 9.97. The van der Waals surface area contributed by atoms with E-state index in [1.165, 1.54) is 23.8 Å². The number of likely N-dealkylation sites (N-methyl/N-ethyl adjacent to an activating group) is 2. The normalized spacial score (nSPS) is 23.1. The van der Waals surface area contributed by atoms with Crippen molar-refractivity contribution in [2.24, 2.45) is 11.3 Å². The Balaban J connectivity index is 1.61. The summed E-state index contributed by atoms with van der Waals surface area (Å²) in [5.74, 6) is -0.700. The van der Waals surface area contributed by atoms with E-state index in [0.717, 1.165) is 26.1 Å². The van der Waals surface area contributed by atoms with Gasteiger partial charge in [-0.2, -0.15) is 0 Å². The molecule has 3 aliphatic rings. The third kappa shape index (κ3) is 16.2. The molecule has 1 aromatic rings. The third-order valence-corrected chi connectivity index (χ3v) is 13.3. The number of unbranched alkanes of at least 4 members (excludes halogenated alkanes) is 1. The number of ether oxygens (including phenoxy) is 1. The lowest BCUT2D eigenvalue weighted by Gasteiger charge is -2.37. The number of terminal acetylenes is 1. The molecule has 4 N–H and O–H groups in total. The molecular weight excluding hydrogens is 876 g/mol. The Kier molecular flexibility index (Phi) is 21.9. The van der Waals surface area contributed by atoms with Crippen molar-refractivity contribution in [2.75, 3.05) is 60.0 Å². The summed E-state index contributed by atoms with van der Waals surface area (Å²) in [6, 6.07) is 1.03. The van der Waals surface area contributed by atoms with Gasteiger partial charge >= 0.3 is 0 Å². The molecule has 3 fully saturated rings. The van der Waals surface area contributed by atoms with Crippen molar-refractivity contribution < 1.29 is 38.3 Å². The zero-order chi connectivity index (χ0) is 49.3. The molecule has 2 saturated heterocycles. The highest BCUT2D eigenvalue weighted by Gasteiger charge is 2.49. The second kappa shape index (κ2) is 26.7. The molecule has 17 heteroatoms. The van der Waals surface area contributed by atoms with E-state index in [0.29, 0.717) is 88.1 Å². The van der Waals surface area contributed by atoms with Crippen molar-refractivity contribution in [3.63, 3.8) is 0 Å². The van der Waals surface area contributed by atoms with E-state index in [1.807, 2.05) is 33.8 Å². The molecule has 7 amide bonds. The molecule has 2 heterocycles. The van der Waals surface area contributed by atoms with Gasteiger partial charge in [-0.1, -0.05) is 63.8 Å². The van der Waals surface area contributed by atoms with Crippen LogP contribution in [0.3, 0.4) is 0 Å². The van der Waals surface area contributed by atoms with Gasteiger partial charge in [-0.3, -0.25) is 38.5 Å². The van der Waals surface area contributed by atoms with Gasteiger partial charge in [-0.05, 0) is 108 Å². The van der Waals surface area contributed by atoms with Crippen LogP contribution in [-0.4, -0.2) is 157 Å². The summed E-state index contributed by atoms with van der Waals surface area (Å²) in [4.78, 5) is 106. The molecule has 0 radical (unpaired) electrons. The zero-order valence-corrected chi connectivity index (χ0v) is 41.8. The molecule has 372 valence electrons. The fourth-order valence-electron chi connectivity index (χ4n) is 8.90. The maximum atomic E-state index is 14.9. The molecule has 16 nitrogen and oxygen atoms in total. The second-order valence-corrected chi connectivity index (χ2v) is 19.5. The highest BCUT2D eigenvalue weighted by atomic mass is 35.5. The molecule has 1 aliphatic carbocycles. The largest absolute Gasteiger partial charge is 0.379 e. The van der Waals surface area contributed by atoms with Crippen LogP contribution in [0, 0.1) is 23.7 Å². The second-order valence-electron chi connectivity index (χ2n) is 19.1. The number of nitrogens with zero attached hydrogens (tertiary/aromatic N) is 4. The van der Waals surface area contributed by atoms with E-state index < -0.39 is 71.2 Å². The van der Waals surface area contributed by atoms with Crippen LogP contribution in [0.5, 0.6) is 0 Å². The summed E-state index contributed by atoms with van der Waals surface area (Å²) in [5.41, 5.74) is -0.217. The Labute approximate surface area is 403 Å². The number of hydrogen-bond donors (Lipinski definition) is 4. The Morgan fingerprint density at radius 3 is 2.27 bits per heavy atom. The van der Waals surface area contributed by atoms with Crippen molar-refractivity contribution in [1.29, 1.82) is 0 Å². The summed E-state index contributed by atoms with van der Waals surface area (Å²) >= 11 is 6.38. The van der Waals surface area contributed by atoms with Gasteiger partial charge in [0.25, 0.3) is 0 Å². The van der Waals surface area contributed by atoms with Gasteiger partial charge in [0.15, 0.2) is 0 Å². The lowest BCUT2D eigenvalue weighted by Crippen LogP contribution is -2.61. The van der Waals surface area contributed by atoms with Crippen molar-refractivity contribution in [3.05, 3.63) is 34.9 Å². The maximum Gasteiger partial charge on any atom is 0.245 e. The average Bonchev–Trinajstić information content (AvgIpc) is 4.11. The number of halogens is 1. The summed E-state index contributed by atoms with van der Waals surface area (Å²) in [7, 11) is 3.18.